The Morgan fingerprint density at radius 3 is 2.59 bits per heavy atom. The molecule has 0 saturated heterocycles. The van der Waals surface area contributed by atoms with E-state index in [1.807, 2.05) is 61.3 Å². The van der Waals surface area contributed by atoms with E-state index in [1.54, 1.807) is 7.11 Å². The average Bonchev–Trinajstić information content (AvgIpc) is 3.01. The Kier molecular flexibility index (Phi) is 11.3. The largest absolute Gasteiger partial charge is 0.497 e. The van der Waals surface area contributed by atoms with Gasteiger partial charge in [-0.3, -0.25) is 4.79 Å². The second kappa shape index (κ2) is 15.1. The third-order valence-electron chi connectivity index (χ3n) is 8.04. The van der Waals surface area contributed by atoms with E-state index in [-0.39, 0.29) is 42.5 Å². The van der Waals surface area contributed by atoms with Crippen LogP contribution in [0, 0.1) is 5.92 Å². The third kappa shape index (κ3) is 8.84. The fourth-order valence-electron chi connectivity index (χ4n) is 5.61. The van der Waals surface area contributed by atoms with Gasteiger partial charge in [0.05, 0.1) is 32.8 Å². The zero-order valence-electron chi connectivity index (χ0n) is 24.9. The normalized spacial score (nSPS) is 20.6. The number of benzene rings is 2. The van der Waals surface area contributed by atoms with Gasteiger partial charge < -0.3 is 35.1 Å². The van der Waals surface area contributed by atoms with Crippen molar-refractivity contribution >= 4 is 17.6 Å². The van der Waals surface area contributed by atoms with Crippen LogP contribution >= 0.6 is 0 Å². The van der Waals surface area contributed by atoms with Crippen LogP contribution in [-0.4, -0.2) is 68.9 Å². The van der Waals surface area contributed by atoms with Gasteiger partial charge in [-0.25, -0.2) is 4.79 Å². The van der Waals surface area contributed by atoms with E-state index in [4.69, 9.17) is 14.2 Å². The highest BCUT2D eigenvalue weighted by Gasteiger charge is 2.30. The highest BCUT2D eigenvalue weighted by Crippen LogP contribution is 2.29. The Morgan fingerprint density at radius 2 is 1.88 bits per heavy atom. The van der Waals surface area contributed by atoms with Crippen LogP contribution in [0.5, 0.6) is 11.5 Å². The molecule has 9 nitrogen and oxygen atoms in total. The van der Waals surface area contributed by atoms with Crippen molar-refractivity contribution in [2.24, 2.45) is 5.92 Å². The summed E-state index contributed by atoms with van der Waals surface area (Å²) in [6, 6.07) is 13.2. The zero-order valence-corrected chi connectivity index (χ0v) is 24.9. The van der Waals surface area contributed by atoms with Crippen molar-refractivity contribution in [3.8, 4) is 11.5 Å². The summed E-state index contributed by atoms with van der Waals surface area (Å²) in [5, 5.41) is 9.29. The lowest BCUT2D eigenvalue weighted by Crippen LogP contribution is -2.47. The standard InChI is InChI=1S/C32H46N4O5/c1-22-19-36(23(2)20-40-21-24-10-13-28(39-4)14-11-24)31(37)17-25-16-27(12-15-29(25)41-30(22)18-33-3)35-32(38)34-26-8-6-5-7-9-26/h10-16,22-23,26,30,33H,5-9,17-21H2,1-4H3,(H2,34,35,38)/t22-,23+,30+/m1/s1. The molecular weight excluding hydrogens is 520 g/mol. The topological polar surface area (TPSA) is 101 Å². The minimum atomic E-state index is -0.210. The molecule has 0 spiro atoms. The number of carbonyl (C=O) groups is 2. The van der Waals surface area contributed by atoms with Crippen LogP contribution in [0.2, 0.25) is 0 Å². The number of fused-ring (bicyclic) bond motifs is 1. The quantitative estimate of drug-likeness (QED) is 0.384. The van der Waals surface area contributed by atoms with Crippen LogP contribution in [0.25, 0.3) is 0 Å². The molecule has 3 N–H and O–H groups in total. The van der Waals surface area contributed by atoms with Crippen molar-refractivity contribution in [3.05, 3.63) is 53.6 Å². The number of likely N-dealkylation sites (N-methyl/N-ethyl adjacent to an activating group) is 1. The van der Waals surface area contributed by atoms with Gasteiger partial charge in [0, 0.05) is 36.3 Å². The zero-order chi connectivity index (χ0) is 29.2. The van der Waals surface area contributed by atoms with E-state index in [9.17, 15) is 9.59 Å². The summed E-state index contributed by atoms with van der Waals surface area (Å²) in [4.78, 5) is 28.3. The molecule has 1 saturated carbocycles. The number of hydrogen-bond donors (Lipinski definition) is 3. The molecule has 2 aliphatic rings. The molecule has 0 aromatic heterocycles. The SMILES string of the molecule is CNC[C@@H]1Oc2ccc(NC(=O)NC3CCCCC3)cc2CC(=O)N([C@@H](C)COCc2ccc(OC)cc2)C[C@H]1C. The Bertz CT molecular complexity index is 1140. The van der Waals surface area contributed by atoms with Crippen LogP contribution in [0.15, 0.2) is 42.5 Å². The van der Waals surface area contributed by atoms with Crippen LogP contribution in [0.3, 0.4) is 0 Å². The van der Waals surface area contributed by atoms with Crippen LogP contribution in [-0.2, 0) is 22.6 Å². The molecule has 0 unspecified atom stereocenters. The minimum Gasteiger partial charge on any atom is -0.497 e. The van der Waals surface area contributed by atoms with E-state index in [1.165, 1.54) is 6.42 Å². The number of rotatable bonds is 10. The maximum Gasteiger partial charge on any atom is 0.319 e. The number of nitrogens with one attached hydrogen (secondary N) is 3. The van der Waals surface area contributed by atoms with Gasteiger partial charge in [-0.1, -0.05) is 38.3 Å². The van der Waals surface area contributed by atoms with Crippen molar-refractivity contribution in [2.75, 3.05) is 39.2 Å². The van der Waals surface area contributed by atoms with Crippen molar-refractivity contribution < 1.29 is 23.8 Å². The number of nitrogens with zero attached hydrogens (tertiary/aromatic N) is 1. The smallest absolute Gasteiger partial charge is 0.319 e. The number of hydrogen-bond acceptors (Lipinski definition) is 6. The molecule has 224 valence electrons. The van der Waals surface area contributed by atoms with Crippen LogP contribution in [0.1, 0.15) is 57.1 Å². The molecule has 0 bridgehead atoms. The maximum atomic E-state index is 13.7. The first-order chi connectivity index (χ1) is 19.9. The molecule has 2 aromatic rings. The summed E-state index contributed by atoms with van der Waals surface area (Å²) in [7, 11) is 3.55. The third-order valence-corrected chi connectivity index (χ3v) is 8.04. The summed E-state index contributed by atoms with van der Waals surface area (Å²) in [5.41, 5.74) is 2.46. The van der Waals surface area contributed by atoms with Gasteiger partial charge in [0.2, 0.25) is 5.91 Å². The number of urea groups is 1. The lowest BCUT2D eigenvalue weighted by Gasteiger charge is -2.33. The molecule has 2 aromatic carbocycles. The Morgan fingerprint density at radius 1 is 1.12 bits per heavy atom. The second-order valence-electron chi connectivity index (χ2n) is 11.4. The van der Waals surface area contributed by atoms with Crippen LogP contribution < -0.4 is 25.4 Å². The number of amides is 3. The first kappa shape index (κ1) is 30.7. The van der Waals surface area contributed by atoms with E-state index in [0.29, 0.717) is 37.7 Å². The van der Waals surface area contributed by atoms with Gasteiger partial charge in [0.15, 0.2) is 0 Å². The van der Waals surface area contributed by atoms with E-state index >= 15 is 0 Å². The molecule has 1 fully saturated rings. The summed E-state index contributed by atoms with van der Waals surface area (Å²) >= 11 is 0. The molecule has 0 radical (unpaired) electrons. The molecule has 1 aliphatic heterocycles. The summed E-state index contributed by atoms with van der Waals surface area (Å²) < 4.78 is 17.7. The molecule has 3 atom stereocenters. The van der Waals surface area contributed by atoms with Gasteiger partial charge in [0.25, 0.3) is 0 Å². The fourth-order valence-corrected chi connectivity index (χ4v) is 5.61. The van der Waals surface area contributed by atoms with Gasteiger partial charge in [-0.05, 0) is 62.7 Å². The lowest BCUT2D eigenvalue weighted by molar-refractivity contribution is -0.134. The van der Waals surface area contributed by atoms with Crippen molar-refractivity contribution in [1.82, 2.24) is 15.5 Å². The van der Waals surface area contributed by atoms with Gasteiger partial charge in [-0.15, -0.1) is 0 Å². The predicted molar refractivity (Wildman–Crippen MR) is 161 cm³/mol. The summed E-state index contributed by atoms with van der Waals surface area (Å²) in [5.74, 6) is 1.57. The Hall–Kier alpha value is -3.30. The summed E-state index contributed by atoms with van der Waals surface area (Å²) in [6.45, 7) is 6.22. The monoisotopic (exact) mass is 566 g/mol. The maximum absolute atomic E-state index is 13.7. The highest BCUT2D eigenvalue weighted by atomic mass is 16.5. The number of anilines is 1. The van der Waals surface area contributed by atoms with Gasteiger partial charge >= 0.3 is 6.03 Å². The van der Waals surface area contributed by atoms with Gasteiger partial charge in [0.1, 0.15) is 17.6 Å². The number of ether oxygens (including phenoxy) is 3. The molecule has 3 amide bonds. The minimum absolute atomic E-state index is 0.0103. The Labute approximate surface area is 244 Å². The number of methoxy groups -OCH3 is 1. The van der Waals surface area contributed by atoms with Gasteiger partial charge in [-0.2, -0.15) is 0 Å². The molecule has 1 heterocycles. The Balaban J connectivity index is 1.45. The predicted octanol–water partition coefficient (Wildman–Crippen LogP) is 4.74. The van der Waals surface area contributed by atoms with Crippen molar-refractivity contribution in [3.63, 3.8) is 0 Å². The van der Waals surface area contributed by atoms with Crippen molar-refractivity contribution in [2.45, 2.75) is 77.2 Å². The number of carbonyl (C=O) groups excluding carboxylic acids is 2. The average molecular weight is 567 g/mol. The lowest BCUT2D eigenvalue weighted by atomic mass is 9.96. The molecule has 9 heteroatoms. The fraction of sp³-hybridized carbons (Fsp3) is 0.562. The molecule has 4 rings (SSSR count). The molecular formula is C32H46N4O5. The summed E-state index contributed by atoms with van der Waals surface area (Å²) in [6.07, 6.45) is 5.61. The van der Waals surface area contributed by atoms with Crippen molar-refractivity contribution in [1.29, 1.82) is 0 Å². The van der Waals surface area contributed by atoms with E-state index < -0.39 is 0 Å². The molecule has 41 heavy (non-hydrogen) atoms. The highest BCUT2D eigenvalue weighted by molar-refractivity contribution is 5.90. The van der Waals surface area contributed by atoms with E-state index in [0.717, 1.165) is 42.6 Å². The molecule has 1 aliphatic carbocycles. The first-order valence-electron chi connectivity index (χ1n) is 14.9. The van der Waals surface area contributed by atoms with Crippen LogP contribution in [0.4, 0.5) is 10.5 Å². The first-order valence-corrected chi connectivity index (χ1v) is 14.9. The van der Waals surface area contributed by atoms with E-state index in [2.05, 4.69) is 22.9 Å². The second-order valence-corrected chi connectivity index (χ2v) is 11.4.